The first-order valence-electron chi connectivity index (χ1n) is 6.67. The molecule has 0 saturated heterocycles. The van der Waals surface area contributed by atoms with E-state index in [4.69, 9.17) is 15.2 Å². The predicted molar refractivity (Wildman–Crippen MR) is 78.0 cm³/mol. The van der Waals surface area contributed by atoms with Crippen LogP contribution in [-0.2, 0) is 9.53 Å². The molecule has 0 radical (unpaired) electrons. The number of anilines is 2. The van der Waals surface area contributed by atoms with Crippen molar-refractivity contribution in [2.75, 3.05) is 44.0 Å². The third-order valence-electron chi connectivity index (χ3n) is 3.09. The number of nitrogen functional groups attached to an aromatic ring is 1. The molecule has 0 aliphatic carbocycles. The van der Waals surface area contributed by atoms with Gasteiger partial charge in [0.05, 0.1) is 25.4 Å². The van der Waals surface area contributed by atoms with Gasteiger partial charge in [0.2, 0.25) is 5.91 Å². The summed E-state index contributed by atoms with van der Waals surface area (Å²) < 4.78 is 10.7. The Balaban J connectivity index is 2.05. The summed E-state index contributed by atoms with van der Waals surface area (Å²) in [6.45, 7) is 3.95. The summed E-state index contributed by atoms with van der Waals surface area (Å²) in [4.78, 5) is 13.9. The smallest absolute Gasteiger partial charge is 0.239 e. The van der Waals surface area contributed by atoms with Crippen LogP contribution in [0.15, 0.2) is 18.2 Å². The number of nitrogens with two attached hydrogens (primary N) is 1. The van der Waals surface area contributed by atoms with E-state index < -0.39 is 0 Å². The summed E-state index contributed by atoms with van der Waals surface area (Å²) >= 11 is 0. The number of amides is 1. The number of nitrogens with one attached hydrogen (secondary N) is 1. The van der Waals surface area contributed by atoms with Gasteiger partial charge in [0, 0.05) is 19.3 Å². The SMILES string of the molecule is COCCNC(=O)CN1CC(C)Oc2ccc(N)cc21. The molecule has 1 atom stereocenters. The number of hydrogen-bond donors (Lipinski definition) is 2. The zero-order valence-electron chi connectivity index (χ0n) is 11.9. The summed E-state index contributed by atoms with van der Waals surface area (Å²) in [7, 11) is 1.61. The third kappa shape index (κ3) is 3.54. The van der Waals surface area contributed by atoms with Crippen molar-refractivity contribution in [3.8, 4) is 5.75 Å². The monoisotopic (exact) mass is 279 g/mol. The quantitative estimate of drug-likeness (QED) is 0.610. The highest BCUT2D eigenvalue weighted by molar-refractivity contribution is 5.82. The number of rotatable bonds is 5. The molecule has 2 rings (SSSR count). The molecule has 3 N–H and O–H groups in total. The number of benzene rings is 1. The number of carbonyl (C=O) groups is 1. The Kier molecular flexibility index (Phi) is 4.68. The first-order chi connectivity index (χ1) is 9.60. The first-order valence-corrected chi connectivity index (χ1v) is 6.67. The predicted octanol–water partition coefficient (Wildman–Crippen LogP) is 0.619. The molecule has 20 heavy (non-hydrogen) atoms. The van der Waals surface area contributed by atoms with Crippen LogP contribution >= 0.6 is 0 Å². The molecule has 1 aromatic carbocycles. The summed E-state index contributed by atoms with van der Waals surface area (Å²) in [6.07, 6.45) is 0.0397. The van der Waals surface area contributed by atoms with Crippen molar-refractivity contribution in [1.29, 1.82) is 0 Å². The molecule has 6 heteroatoms. The van der Waals surface area contributed by atoms with Crippen LogP contribution < -0.4 is 20.7 Å². The van der Waals surface area contributed by atoms with Crippen LogP contribution in [-0.4, -0.2) is 45.4 Å². The fraction of sp³-hybridized carbons (Fsp3) is 0.500. The van der Waals surface area contributed by atoms with Crippen LogP contribution in [0.5, 0.6) is 5.75 Å². The van der Waals surface area contributed by atoms with Crippen LogP contribution in [0.25, 0.3) is 0 Å². The lowest BCUT2D eigenvalue weighted by molar-refractivity contribution is -0.120. The standard InChI is InChI=1S/C14H21N3O3/c1-10-8-17(9-14(18)16-5-6-19-2)12-7-11(15)3-4-13(12)20-10/h3-4,7,10H,5-6,8-9,15H2,1-2H3,(H,16,18). The average molecular weight is 279 g/mol. The van der Waals surface area contributed by atoms with Gasteiger partial charge in [0.25, 0.3) is 0 Å². The molecule has 1 heterocycles. The molecule has 0 spiro atoms. The van der Waals surface area contributed by atoms with Crippen LogP contribution in [0.2, 0.25) is 0 Å². The number of fused-ring (bicyclic) bond motifs is 1. The lowest BCUT2D eigenvalue weighted by Crippen LogP contribution is -2.44. The average Bonchev–Trinajstić information content (AvgIpc) is 2.40. The van der Waals surface area contributed by atoms with E-state index >= 15 is 0 Å². The normalized spacial score (nSPS) is 17.3. The second-order valence-corrected chi connectivity index (χ2v) is 4.88. The Morgan fingerprint density at radius 1 is 1.60 bits per heavy atom. The zero-order chi connectivity index (χ0) is 14.5. The van der Waals surface area contributed by atoms with E-state index in [1.807, 2.05) is 24.0 Å². The van der Waals surface area contributed by atoms with Gasteiger partial charge in [-0.3, -0.25) is 4.79 Å². The Hall–Kier alpha value is -1.95. The van der Waals surface area contributed by atoms with Crippen LogP contribution in [0, 0.1) is 0 Å². The van der Waals surface area contributed by atoms with E-state index in [2.05, 4.69) is 5.32 Å². The van der Waals surface area contributed by atoms with Crippen molar-refractivity contribution in [2.24, 2.45) is 0 Å². The Morgan fingerprint density at radius 3 is 3.15 bits per heavy atom. The molecule has 0 saturated carbocycles. The maximum absolute atomic E-state index is 11.9. The van der Waals surface area contributed by atoms with Gasteiger partial charge in [-0.2, -0.15) is 0 Å². The molecule has 1 amide bonds. The molecule has 0 aromatic heterocycles. The van der Waals surface area contributed by atoms with Crippen molar-refractivity contribution in [1.82, 2.24) is 5.32 Å². The summed E-state index contributed by atoms with van der Waals surface area (Å²) in [6, 6.07) is 5.48. The van der Waals surface area contributed by atoms with E-state index in [9.17, 15) is 4.79 Å². The molecule has 110 valence electrons. The molecular formula is C14H21N3O3. The van der Waals surface area contributed by atoms with Gasteiger partial charge in [0.1, 0.15) is 11.9 Å². The van der Waals surface area contributed by atoms with Crippen LogP contribution in [0.1, 0.15) is 6.92 Å². The highest BCUT2D eigenvalue weighted by atomic mass is 16.5. The minimum absolute atomic E-state index is 0.0375. The van der Waals surface area contributed by atoms with Gasteiger partial charge in [-0.25, -0.2) is 0 Å². The Morgan fingerprint density at radius 2 is 2.40 bits per heavy atom. The van der Waals surface area contributed by atoms with Gasteiger partial charge in [-0.05, 0) is 25.1 Å². The minimum Gasteiger partial charge on any atom is -0.487 e. The van der Waals surface area contributed by atoms with Gasteiger partial charge in [-0.1, -0.05) is 0 Å². The van der Waals surface area contributed by atoms with Crippen LogP contribution in [0.3, 0.4) is 0 Å². The fourth-order valence-corrected chi connectivity index (χ4v) is 2.22. The largest absolute Gasteiger partial charge is 0.487 e. The highest BCUT2D eigenvalue weighted by Gasteiger charge is 2.24. The number of nitrogens with zero attached hydrogens (tertiary/aromatic N) is 1. The molecule has 1 aliphatic heterocycles. The maximum Gasteiger partial charge on any atom is 0.239 e. The maximum atomic E-state index is 11.9. The topological polar surface area (TPSA) is 76.8 Å². The van der Waals surface area contributed by atoms with Crippen molar-refractivity contribution >= 4 is 17.3 Å². The minimum atomic E-state index is -0.0375. The zero-order valence-corrected chi connectivity index (χ0v) is 11.9. The van der Waals surface area contributed by atoms with Crippen LogP contribution in [0.4, 0.5) is 11.4 Å². The van der Waals surface area contributed by atoms with E-state index in [0.29, 0.717) is 25.4 Å². The molecule has 0 fully saturated rings. The Bertz CT molecular complexity index is 479. The van der Waals surface area contributed by atoms with Crippen molar-refractivity contribution in [2.45, 2.75) is 13.0 Å². The van der Waals surface area contributed by atoms with E-state index in [-0.39, 0.29) is 18.6 Å². The van der Waals surface area contributed by atoms with Gasteiger partial charge in [0.15, 0.2) is 0 Å². The van der Waals surface area contributed by atoms with E-state index in [1.165, 1.54) is 0 Å². The Labute approximate surface area is 118 Å². The van der Waals surface area contributed by atoms with Gasteiger partial charge >= 0.3 is 0 Å². The van der Waals surface area contributed by atoms with Crippen molar-refractivity contribution in [3.63, 3.8) is 0 Å². The fourth-order valence-electron chi connectivity index (χ4n) is 2.22. The molecule has 0 bridgehead atoms. The van der Waals surface area contributed by atoms with Gasteiger partial charge < -0.3 is 25.4 Å². The summed E-state index contributed by atoms with van der Waals surface area (Å²) in [5, 5.41) is 2.81. The first kappa shape index (κ1) is 14.5. The number of ether oxygens (including phenoxy) is 2. The third-order valence-corrected chi connectivity index (χ3v) is 3.09. The molecule has 1 unspecified atom stereocenters. The summed E-state index contributed by atoms with van der Waals surface area (Å²) in [5.74, 6) is 0.729. The summed E-state index contributed by atoms with van der Waals surface area (Å²) in [5.41, 5.74) is 7.33. The van der Waals surface area contributed by atoms with Crippen molar-refractivity contribution in [3.05, 3.63) is 18.2 Å². The number of hydrogen-bond acceptors (Lipinski definition) is 5. The second-order valence-electron chi connectivity index (χ2n) is 4.88. The van der Waals surface area contributed by atoms with Crippen molar-refractivity contribution < 1.29 is 14.3 Å². The number of carbonyl (C=O) groups excluding carboxylic acids is 1. The molecule has 1 aliphatic rings. The second kappa shape index (κ2) is 6.47. The lowest BCUT2D eigenvalue weighted by Gasteiger charge is -2.34. The number of methoxy groups -OCH3 is 1. The van der Waals surface area contributed by atoms with E-state index in [0.717, 1.165) is 11.4 Å². The molecule has 1 aromatic rings. The van der Waals surface area contributed by atoms with E-state index in [1.54, 1.807) is 13.2 Å². The molecule has 6 nitrogen and oxygen atoms in total. The molecular weight excluding hydrogens is 258 g/mol. The van der Waals surface area contributed by atoms with Gasteiger partial charge in [-0.15, -0.1) is 0 Å². The lowest BCUT2D eigenvalue weighted by atomic mass is 10.2. The highest BCUT2D eigenvalue weighted by Crippen LogP contribution is 2.34.